The van der Waals surface area contributed by atoms with Gasteiger partial charge in [-0.2, -0.15) is 10.2 Å². The van der Waals surface area contributed by atoms with Crippen LogP contribution >= 0.6 is 0 Å². The summed E-state index contributed by atoms with van der Waals surface area (Å²) in [7, 11) is 0. The van der Waals surface area contributed by atoms with Crippen LogP contribution in [0.4, 0.5) is 5.82 Å². The van der Waals surface area contributed by atoms with Crippen molar-refractivity contribution in [2.24, 2.45) is 0 Å². The van der Waals surface area contributed by atoms with Crippen LogP contribution < -0.4 is 5.32 Å². The predicted molar refractivity (Wildman–Crippen MR) is 107 cm³/mol. The summed E-state index contributed by atoms with van der Waals surface area (Å²) in [6.45, 7) is 14.9. The molecule has 1 unspecified atom stereocenters. The number of nitrogens with zero attached hydrogens (tertiary/aromatic N) is 6. The summed E-state index contributed by atoms with van der Waals surface area (Å²) in [5.74, 6) is 1.89. The maximum Gasteiger partial charge on any atom is 0.129 e. The van der Waals surface area contributed by atoms with Crippen LogP contribution in [0.5, 0.6) is 0 Å². The zero-order valence-electron chi connectivity index (χ0n) is 17.1. The van der Waals surface area contributed by atoms with E-state index in [-0.39, 0.29) is 5.92 Å². The molecule has 3 rings (SSSR count). The number of anilines is 1. The maximum atomic E-state index is 4.65. The molecule has 1 atom stereocenters. The third kappa shape index (κ3) is 4.35. The van der Waals surface area contributed by atoms with Crippen LogP contribution in [-0.2, 0) is 13.1 Å². The van der Waals surface area contributed by atoms with Crippen LogP contribution in [0.3, 0.4) is 0 Å². The number of hydrogen-bond donors (Lipinski definition) is 1. The first-order valence-corrected chi connectivity index (χ1v) is 9.43. The molecule has 0 aromatic carbocycles. The fourth-order valence-corrected chi connectivity index (χ4v) is 3.17. The number of aryl methyl sites for hydroxylation is 3. The largest absolute Gasteiger partial charge is 0.368 e. The molecule has 0 saturated heterocycles. The van der Waals surface area contributed by atoms with Crippen molar-refractivity contribution >= 4 is 5.82 Å². The molecular formula is C20H29N7. The standard InChI is InChI=1S/C20H29N7/c1-13(12-27-17(5)15(3)16(4)25-27)19-11-20(24-18(6)23-19)21-9-10-26-14(2)7-8-22-26/h7-8,11,13H,9-10,12H2,1-6H3,(H,21,23,24). The molecule has 0 aliphatic carbocycles. The van der Waals surface area contributed by atoms with Crippen molar-refractivity contribution in [3.05, 3.63) is 52.5 Å². The van der Waals surface area contributed by atoms with Gasteiger partial charge in [0.25, 0.3) is 0 Å². The van der Waals surface area contributed by atoms with Crippen molar-refractivity contribution in [2.45, 2.75) is 60.5 Å². The Hall–Kier alpha value is -2.70. The van der Waals surface area contributed by atoms with Crippen LogP contribution in [0.25, 0.3) is 0 Å². The van der Waals surface area contributed by atoms with Gasteiger partial charge in [-0.1, -0.05) is 6.92 Å². The average molecular weight is 368 g/mol. The summed E-state index contributed by atoms with van der Waals surface area (Å²) in [6.07, 6.45) is 1.82. The zero-order chi connectivity index (χ0) is 19.6. The lowest BCUT2D eigenvalue weighted by atomic mass is 10.1. The smallest absolute Gasteiger partial charge is 0.129 e. The molecule has 0 radical (unpaired) electrons. The number of aromatic nitrogens is 6. The Kier molecular flexibility index (Phi) is 5.58. The molecule has 0 fully saturated rings. The van der Waals surface area contributed by atoms with E-state index >= 15 is 0 Å². The van der Waals surface area contributed by atoms with Gasteiger partial charge < -0.3 is 5.32 Å². The van der Waals surface area contributed by atoms with Gasteiger partial charge in [0.15, 0.2) is 0 Å². The quantitative estimate of drug-likeness (QED) is 0.693. The highest BCUT2D eigenvalue weighted by molar-refractivity contribution is 5.37. The van der Waals surface area contributed by atoms with Gasteiger partial charge in [-0.3, -0.25) is 9.36 Å². The first-order chi connectivity index (χ1) is 12.8. The average Bonchev–Trinajstić information content (AvgIpc) is 3.13. The third-order valence-corrected chi connectivity index (χ3v) is 5.11. The van der Waals surface area contributed by atoms with Gasteiger partial charge in [0.2, 0.25) is 0 Å². The highest BCUT2D eigenvalue weighted by Crippen LogP contribution is 2.20. The zero-order valence-corrected chi connectivity index (χ0v) is 17.1. The van der Waals surface area contributed by atoms with Gasteiger partial charge in [-0.25, -0.2) is 9.97 Å². The van der Waals surface area contributed by atoms with Crippen molar-refractivity contribution in [3.8, 4) is 0 Å². The van der Waals surface area contributed by atoms with Crippen LogP contribution in [0.1, 0.15) is 47.0 Å². The van der Waals surface area contributed by atoms with Crippen molar-refractivity contribution in [2.75, 3.05) is 11.9 Å². The Balaban J connectivity index is 1.68. The Morgan fingerprint density at radius 2 is 1.85 bits per heavy atom. The molecule has 0 saturated carbocycles. The molecule has 0 aliphatic rings. The minimum Gasteiger partial charge on any atom is -0.368 e. The minimum atomic E-state index is 0.248. The Bertz CT molecular complexity index is 923. The molecule has 3 aromatic heterocycles. The van der Waals surface area contributed by atoms with E-state index in [1.54, 1.807) is 0 Å². The first-order valence-electron chi connectivity index (χ1n) is 9.43. The first kappa shape index (κ1) is 19.1. The Morgan fingerprint density at radius 3 is 2.48 bits per heavy atom. The molecule has 3 aromatic rings. The molecule has 0 amide bonds. The number of hydrogen-bond acceptors (Lipinski definition) is 5. The minimum absolute atomic E-state index is 0.248. The van der Waals surface area contributed by atoms with Gasteiger partial charge in [0.1, 0.15) is 11.6 Å². The van der Waals surface area contributed by atoms with Gasteiger partial charge >= 0.3 is 0 Å². The monoisotopic (exact) mass is 367 g/mol. The molecule has 27 heavy (non-hydrogen) atoms. The van der Waals surface area contributed by atoms with E-state index in [0.29, 0.717) is 0 Å². The van der Waals surface area contributed by atoms with E-state index in [9.17, 15) is 0 Å². The molecule has 0 bridgehead atoms. The summed E-state index contributed by atoms with van der Waals surface area (Å²) in [4.78, 5) is 9.18. The second-order valence-corrected chi connectivity index (χ2v) is 7.23. The fraction of sp³-hybridized carbons (Fsp3) is 0.500. The molecule has 7 nitrogen and oxygen atoms in total. The predicted octanol–water partition coefficient (Wildman–Crippen LogP) is 3.33. The lowest BCUT2D eigenvalue weighted by Gasteiger charge is -2.15. The highest BCUT2D eigenvalue weighted by Gasteiger charge is 2.14. The van der Waals surface area contributed by atoms with Crippen LogP contribution in [0, 0.1) is 34.6 Å². The summed E-state index contributed by atoms with van der Waals surface area (Å²) in [5.41, 5.74) is 5.76. The summed E-state index contributed by atoms with van der Waals surface area (Å²) in [5, 5.41) is 12.4. The molecule has 1 N–H and O–H groups in total. The normalized spacial score (nSPS) is 12.4. The second-order valence-electron chi connectivity index (χ2n) is 7.23. The van der Waals surface area contributed by atoms with Gasteiger partial charge in [-0.05, 0) is 46.2 Å². The molecule has 0 aliphatic heterocycles. The van der Waals surface area contributed by atoms with E-state index in [2.05, 4.69) is 64.8 Å². The summed E-state index contributed by atoms with van der Waals surface area (Å²) < 4.78 is 4.07. The third-order valence-electron chi connectivity index (χ3n) is 5.11. The lowest BCUT2D eigenvalue weighted by Crippen LogP contribution is -2.15. The SMILES string of the molecule is Cc1nc(NCCn2nccc2C)cc(C(C)Cn2nc(C)c(C)c2C)n1. The van der Waals surface area contributed by atoms with E-state index < -0.39 is 0 Å². The molecule has 3 heterocycles. The van der Waals surface area contributed by atoms with Gasteiger partial charge in [0, 0.05) is 42.7 Å². The van der Waals surface area contributed by atoms with Crippen molar-refractivity contribution < 1.29 is 0 Å². The summed E-state index contributed by atoms with van der Waals surface area (Å²) in [6, 6.07) is 4.06. The maximum absolute atomic E-state index is 4.65. The van der Waals surface area contributed by atoms with Crippen LogP contribution in [0.15, 0.2) is 18.3 Å². The second kappa shape index (κ2) is 7.90. The van der Waals surface area contributed by atoms with Gasteiger partial charge in [0.05, 0.1) is 17.9 Å². The van der Waals surface area contributed by atoms with Gasteiger partial charge in [-0.15, -0.1) is 0 Å². The number of nitrogens with one attached hydrogen (secondary N) is 1. The number of rotatable bonds is 7. The molecule has 7 heteroatoms. The fourth-order valence-electron chi connectivity index (χ4n) is 3.17. The topological polar surface area (TPSA) is 73.5 Å². The highest BCUT2D eigenvalue weighted by atomic mass is 15.3. The molecule has 144 valence electrons. The van der Waals surface area contributed by atoms with Crippen LogP contribution in [-0.4, -0.2) is 36.1 Å². The van der Waals surface area contributed by atoms with E-state index in [1.807, 2.05) is 29.9 Å². The summed E-state index contributed by atoms with van der Waals surface area (Å²) >= 11 is 0. The van der Waals surface area contributed by atoms with Crippen molar-refractivity contribution in [1.29, 1.82) is 0 Å². The van der Waals surface area contributed by atoms with Crippen molar-refractivity contribution in [1.82, 2.24) is 29.5 Å². The van der Waals surface area contributed by atoms with E-state index in [0.717, 1.165) is 48.4 Å². The molecular weight excluding hydrogens is 338 g/mol. The lowest BCUT2D eigenvalue weighted by molar-refractivity contribution is 0.519. The Labute approximate surface area is 160 Å². The van der Waals surface area contributed by atoms with E-state index in [4.69, 9.17) is 0 Å². The van der Waals surface area contributed by atoms with E-state index in [1.165, 1.54) is 11.3 Å². The van der Waals surface area contributed by atoms with Crippen LogP contribution in [0.2, 0.25) is 0 Å². The van der Waals surface area contributed by atoms with Crippen molar-refractivity contribution in [3.63, 3.8) is 0 Å². The molecule has 0 spiro atoms. The Morgan fingerprint density at radius 1 is 1.07 bits per heavy atom.